The molecule has 6 heteroatoms. The van der Waals surface area contributed by atoms with Crippen LogP contribution in [-0.4, -0.2) is 40.5 Å². The molecule has 0 saturated carbocycles. The van der Waals surface area contributed by atoms with Crippen molar-refractivity contribution in [2.45, 2.75) is 19.3 Å². The third-order valence-electron chi connectivity index (χ3n) is 3.90. The van der Waals surface area contributed by atoms with E-state index in [1.807, 2.05) is 13.0 Å². The van der Waals surface area contributed by atoms with Crippen molar-refractivity contribution in [3.05, 3.63) is 53.9 Å². The molecule has 23 heavy (non-hydrogen) atoms. The average molecular weight is 315 g/mol. The minimum absolute atomic E-state index is 0.0486. The Labute approximate surface area is 134 Å². The molecule has 0 aliphatic carbocycles. The Kier molecular flexibility index (Phi) is 4.50. The SMILES string of the molecule is Cc1ccnc([C@H]2CCN(C(=O)COc3ccc(F)cc3)C2)n1. The maximum absolute atomic E-state index is 12.8. The fourth-order valence-electron chi connectivity index (χ4n) is 2.63. The third-order valence-corrected chi connectivity index (χ3v) is 3.90. The molecule has 1 aliphatic heterocycles. The summed E-state index contributed by atoms with van der Waals surface area (Å²) < 4.78 is 18.2. The van der Waals surface area contributed by atoms with Crippen LogP contribution in [0.4, 0.5) is 4.39 Å². The smallest absolute Gasteiger partial charge is 0.260 e. The largest absolute Gasteiger partial charge is 0.484 e. The lowest BCUT2D eigenvalue weighted by atomic mass is 10.1. The fraction of sp³-hybridized carbons (Fsp3) is 0.353. The first-order chi connectivity index (χ1) is 11.1. The lowest BCUT2D eigenvalue weighted by molar-refractivity contribution is -0.132. The first-order valence-electron chi connectivity index (χ1n) is 7.57. The Morgan fingerprint density at radius 3 is 2.87 bits per heavy atom. The zero-order valence-corrected chi connectivity index (χ0v) is 12.9. The standard InChI is InChI=1S/C17H18FN3O2/c1-12-6-8-19-17(20-12)13-7-9-21(10-13)16(22)11-23-15-4-2-14(18)3-5-15/h2-6,8,13H,7,9-11H2,1H3/t13-/m0/s1. The van der Waals surface area contributed by atoms with Gasteiger partial charge in [0.2, 0.25) is 0 Å². The van der Waals surface area contributed by atoms with E-state index in [2.05, 4.69) is 9.97 Å². The predicted octanol–water partition coefficient (Wildman–Crippen LogP) is 2.32. The van der Waals surface area contributed by atoms with Crippen molar-refractivity contribution in [3.63, 3.8) is 0 Å². The van der Waals surface area contributed by atoms with Crippen LogP contribution in [-0.2, 0) is 4.79 Å². The molecule has 0 spiro atoms. The summed E-state index contributed by atoms with van der Waals surface area (Å²) in [5.74, 6) is 1.04. The number of hydrogen-bond donors (Lipinski definition) is 0. The van der Waals surface area contributed by atoms with Crippen molar-refractivity contribution in [3.8, 4) is 5.75 Å². The van der Waals surface area contributed by atoms with Gasteiger partial charge in [0.15, 0.2) is 6.61 Å². The molecule has 1 aromatic carbocycles. The van der Waals surface area contributed by atoms with Gasteiger partial charge in [-0.15, -0.1) is 0 Å². The second kappa shape index (κ2) is 6.73. The molecule has 1 atom stereocenters. The number of aromatic nitrogens is 2. The van der Waals surface area contributed by atoms with Crippen molar-refractivity contribution in [2.75, 3.05) is 19.7 Å². The van der Waals surface area contributed by atoms with Crippen LogP contribution >= 0.6 is 0 Å². The highest BCUT2D eigenvalue weighted by Gasteiger charge is 2.29. The summed E-state index contributed by atoms with van der Waals surface area (Å²) in [6.45, 7) is 3.16. The minimum Gasteiger partial charge on any atom is -0.484 e. The molecule has 0 radical (unpaired) electrons. The van der Waals surface area contributed by atoms with Crippen molar-refractivity contribution in [1.29, 1.82) is 0 Å². The molecule has 1 aliphatic rings. The molecule has 1 fully saturated rings. The number of amides is 1. The zero-order valence-electron chi connectivity index (χ0n) is 12.9. The Hall–Kier alpha value is -2.50. The van der Waals surface area contributed by atoms with E-state index in [1.54, 1.807) is 11.1 Å². The van der Waals surface area contributed by atoms with Crippen molar-refractivity contribution in [1.82, 2.24) is 14.9 Å². The van der Waals surface area contributed by atoms with Crippen LogP contribution in [0.5, 0.6) is 5.75 Å². The molecule has 3 rings (SSSR count). The van der Waals surface area contributed by atoms with E-state index < -0.39 is 0 Å². The van der Waals surface area contributed by atoms with Gasteiger partial charge in [0.05, 0.1) is 0 Å². The van der Waals surface area contributed by atoms with Gasteiger partial charge in [-0.1, -0.05) is 0 Å². The van der Waals surface area contributed by atoms with Crippen molar-refractivity contribution >= 4 is 5.91 Å². The molecule has 120 valence electrons. The molecular formula is C17H18FN3O2. The second-order valence-corrected chi connectivity index (χ2v) is 5.62. The number of aryl methyl sites for hydroxylation is 1. The maximum atomic E-state index is 12.8. The number of halogens is 1. The molecule has 1 saturated heterocycles. The summed E-state index contributed by atoms with van der Waals surface area (Å²) >= 11 is 0. The first-order valence-corrected chi connectivity index (χ1v) is 7.57. The van der Waals surface area contributed by atoms with Gasteiger partial charge in [-0.3, -0.25) is 4.79 Å². The molecule has 0 bridgehead atoms. The highest BCUT2D eigenvalue weighted by atomic mass is 19.1. The van der Waals surface area contributed by atoms with Crippen LogP contribution in [0.25, 0.3) is 0 Å². The number of carbonyl (C=O) groups is 1. The van der Waals surface area contributed by atoms with Gasteiger partial charge >= 0.3 is 0 Å². The number of likely N-dealkylation sites (tertiary alicyclic amines) is 1. The molecule has 0 unspecified atom stereocenters. The van der Waals surface area contributed by atoms with E-state index in [4.69, 9.17) is 4.74 Å². The van der Waals surface area contributed by atoms with E-state index in [0.717, 1.165) is 17.9 Å². The van der Waals surface area contributed by atoms with E-state index in [0.29, 0.717) is 18.8 Å². The number of rotatable bonds is 4. The summed E-state index contributed by atoms with van der Waals surface area (Å²) in [5.41, 5.74) is 0.930. The molecule has 2 heterocycles. The summed E-state index contributed by atoms with van der Waals surface area (Å²) in [6.07, 6.45) is 2.60. The number of ether oxygens (including phenoxy) is 1. The van der Waals surface area contributed by atoms with Gasteiger partial charge in [-0.25, -0.2) is 14.4 Å². The first kappa shape index (κ1) is 15.4. The maximum Gasteiger partial charge on any atom is 0.260 e. The van der Waals surface area contributed by atoms with Crippen LogP contribution in [0.15, 0.2) is 36.5 Å². The number of carbonyl (C=O) groups excluding carboxylic acids is 1. The Bertz CT molecular complexity index is 690. The van der Waals surface area contributed by atoms with E-state index in [-0.39, 0.29) is 24.2 Å². The summed E-state index contributed by atoms with van der Waals surface area (Å²) in [6, 6.07) is 7.49. The normalized spacial score (nSPS) is 17.3. The zero-order chi connectivity index (χ0) is 16.2. The van der Waals surface area contributed by atoms with Crippen LogP contribution in [0.2, 0.25) is 0 Å². The van der Waals surface area contributed by atoms with Crippen LogP contribution in [0, 0.1) is 12.7 Å². The Morgan fingerprint density at radius 1 is 1.35 bits per heavy atom. The highest BCUT2D eigenvalue weighted by molar-refractivity contribution is 5.78. The van der Waals surface area contributed by atoms with Crippen LogP contribution in [0.3, 0.4) is 0 Å². The van der Waals surface area contributed by atoms with Gasteiger partial charge < -0.3 is 9.64 Å². The minimum atomic E-state index is -0.329. The molecule has 5 nitrogen and oxygen atoms in total. The van der Waals surface area contributed by atoms with Crippen molar-refractivity contribution < 1.29 is 13.9 Å². The van der Waals surface area contributed by atoms with E-state index in [9.17, 15) is 9.18 Å². The van der Waals surface area contributed by atoms with Crippen molar-refractivity contribution in [2.24, 2.45) is 0 Å². The number of benzene rings is 1. The molecule has 1 aromatic heterocycles. The lowest BCUT2D eigenvalue weighted by Gasteiger charge is -2.16. The predicted molar refractivity (Wildman–Crippen MR) is 82.6 cm³/mol. The van der Waals surface area contributed by atoms with Gasteiger partial charge in [0.1, 0.15) is 17.4 Å². The van der Waals surface area contributed by atoms with Gasteiger partial charge in [0, 0.05) is 30.9 Å². The van der Waals surface area contributed by atoms with Crippen LogP contribution in [0.1, 0.15) is 23.9 Å². The van der Waals surface area contributed by atoms with Gasteiger partial charge in [-0.05, 0) is 43.7 Å². The fourth-order valence-corrected chi connectivity index (χ4v) is 2.63. The monoisotopic (exact) mass is 315 g/mol. The Balaban J connectivity index is 1.54. The van der Waals surface area contributed by atoms with Gasteiger partial charge in [0.25, 0.3) is 5.91 Å². The molecule has 2 aromatic rings. The molecule has 0 N–H and O–H groups in total. The summed E-state index contributed by atoms with van der Waals surface area (Å²) in [4.78, 5) is 22.7. The summed E-state index contributed by atoms with van der Waals surface area (Å²) in [7, 11) is 0. The summed E-state index contributed by atoms with van der Waals surface area (Å²) in [5, 5.41) is 0. The quantitative estimate of drug-likeness (QED) is 0.869. The third kappa shape index (κ3) is 3.83. The number of hydrogen-bond acceptors (Lipinski definition) is 4. The van der Waals surface area contributed by atoms with Gasteiger partial charge in [-0.2, -0.15) is 0 Å². The molecular weight excluding hydrogens is 297 g/mol. The Morgan fingerprint density at radius 2 is 2.13 bits per heavy atom. The lowest BCUT2D eigenvalue weighted by Crippen LogP contribution is -2.33. The highest BCUT2D eigenvalue weighted by Crippen LogP contribution is 2.24. The van der Waals surface area contributed by atoms with E-state index in [1.165, 1.54) is 24.3 Å². The van der Waals surface area contributed by atoms with Crippen LogP contribution < -0.4 is 4.74 Å². The number of nitrogens with zero attached hydrogens (tertiary/aromatic N) is 3. The molecule has 1 amide bonds. The topological polar surface area (TPSA) is 55.3 Å². The van der Waals surface area contributed by atoms with E-state index >= 15 is 0 Å². The average Bonchev–Trinajstić information content (AvgIpc) is 3.04. The second-order valence-electron chi connectivity index (χ2n) is 5.62.